The van der Waals surface area contributed by atoms with Crippen LogP contribution in [0.25, 0.3) is 0 Å². The highest BCUT2D eigenvalue weighted by molar-refractivity contribution is 5.67. The van der Waals surface area contributed by atoms with Crippen molar-refractivity contribution in [1.29, 1.82) is 5.26 Å². The molecule has 0 spiro atoms. The summed E-state index contributed by atoms with van der Waals surface area (Å²) in [6, 6.07) is 2.02. The molecule has 0 saturated carbocycles. The van der Waals surface area contributed by atoms with Gasteiger partial charge in [-0.25, -0.2) is 0 Å². The lowest BCUT2D eigenvalue weighted by Crippen LogP contribution is -2.45. The topological polar surface area (TPSA) is 79.5 Å². The average molecular weight is 213 g/mol. The Labute approximate surface area is 88.6 Å². The molecule has 1 N–H and O–H groups in total. The average Bonchev–Trinajstić information content (AvgIpc) is 1.99. The quantitative estimate of drug-likeness (QED) is 0.764. The summed E-state index contributed by atoms with van der Waals surface area (Å²) in [6.07, 6.45) is 0.0775. The largest absolute Gasteiger partial charge is 0.481 e. The van der Waals surface area contributed by atoms with E-state index in [9.17, 15) is 4.79 Å². The van der Waals surface area contributed by atoms with Gasteiger partial charge in [-0.1, -0.05) is 0 Å². The van der Waals surface area contributed by atoms with Gasteiger partial charge in [0, 0.05) is 6.42 Å². The molecule has 5 nitrogen and oxygen atoms in total. The number of carbonyl (C=O) groups is 1. The molecular weight excluding hydrogens is 198 g/mol. The van der Waals surface area contributed by atoms with Crippen molar-refractivity contribution >= 4 is 5.97 Å². The van der Waals surface area contributed by atoms with Crippen LogP contribution in [0.15, 0.2) is 0 Å². The summed E-state index contributed by atoms with van der Waals surface area (Å²) in [5, 5.41) is 17.2. The first-order valence-corrected chi connectivity index (χ1v) is 4.87. The summed E-state index contributed by atoms with van der Waals surface area (Å²) in [6.45, 7) is 3.46. The third-order valence-electron chi connectivity index (χ3n) is 2.15. The Balaban J connectivity index is 2.60. The third-order valence-corrected chi connectivity index (χ3v) is 2.15. The van der Waals surface area contributed by atoms with Crippen molar-refractivity contribution < 1.29 is 19.4 Å². The van der Waals surface area contributed by atoms with E-state index in [4.69, 9.17) is 19.8 Å². The molecule has 15 heavy (non-hydrogen) atoms. The van der Waals surface area contributed by atoms with Gasteiger partial charge in [0.2, 0.25) is 0 Å². The van der Waals surface area contributed by atoms with Crippen molar-refractivity contribution in [3.63, 3.8) is 0 Å². The molecule has 1 aliphatic heterocycles. The number of hydrogen-bond donors (Lipinski definition) is 1. The van der Waals surface area contributed by atoms with E-state index in [1.54, 1.807) is 13.8 Å². The molecule has 0 radical (unpaired) electrons. The summed E-state index contributed by atoms with van der Waals surface area (Å²) in [5.74, 6) is -1.70. The van der Waals surface area contributed by atoms with Gasteiger partial charge in [0.1, 0.15) is 0 Å². The van der Waals surface area contributed by atoms with Gasteiger partial charge in [-0.3, -0.25) is 4.79 Å². The molecular formula is C10H15NO4. The summed E-state index contributed by atoms with van der Waals surface area (Å²) >= 11 is 0. The minimum absolute atomic E-state index is 0.0469. The van der Waals surface area contributed by atoms with Gasteiger partial charge in [-0.2, -0.15) is 5.26 Å². The number of nitriles is 1. The lowest BCUT2D eigenvalue weighted by atomic mass is 10.0. The zero-order valence-corrected chi connectivity index (χ0v) is 8.90. The number of carboxylic acid groups (broad SMARTS) is 1. The van der Waals surface area contributed by atoms with Gasteiger partial charge < -0.3 is 14.6 Å². The number of nitrogens with zero attached hydrogens (tertiary/aromatic N) is 1. The van der Waals surface area contributed by atoms with Crippen LogP contribution >= 0.6 is 0 Å². The third kappa shape index (κ3) is 3.86. The molecule has 0 aliphatic carbocycles. The van der Waals surface area contributed by atoms with Crippen LogP contribution in [0.3, 0.4) is 0 Å². The summed E-state index contributed by atoms with van der Waals surface area (Å²) in [5.41, 5.74) is 0. The predicted octanol–water partition coefficient (Wildman–Crippen LogP) is 1.28. The second-order valence-electron chi connectivity index (χ2n) is 4.08. The molecule has 1 saturated heterocycles. The highest BCUT2D eigenvalue weighted by Gasteiger charge is 2.36. The van der Waals surface area contributed by atoms with Crippen LogP contribution in [0.1, 0.15) is 33.1 Å². The lowest BCUT2D eigenvalue weighted by molar-refractivity contribution is -0.298. The Hall–Kier alpha value is -1.12. The lowest BCUT2D eigenvalue weighted by Gasteiger charge is -2.39. The molecule has 0 aromatic heterocycles. The maximum Gasteiger partial charge on any atom is 0.305 e. The smallest absolute Gasteiger partial charge is 0.305 e. The van der Waals surface area contributed by atoms with Crippen molar-refractivity contribution in [2.24, 2.45) is 0 Å². The van der Waals surface area contributed by atoms with E-state index < -0.39 is 11.8 Å². The van der Waals surface area contributed by atoms with Crippen molar-refractivity contribution in [1.82, 2.24) is 0 Å². The first-order valence-electron chi connectivity index (χ1n) is 4.87. The Morgan fingerprint density at radius 3 is 2.67 bits per heavy atom. The molecule has 5 heteroatoms. The van der Waals surface area contributed by atoms with Gasteiger partial charge in [0.05, 0.1) is 31.1 Å². The Kier molecular flexibility index (Phi) is 3.66. The SMILES string of the molecule is CC1(C)O[C@H](CC(=O)O)C[C@H](CC#N)O1. The van der Waals surface area contributed by atoms with Crippen molar-refractivity contribution in [2.75, 3.05) is 0 Å². The molecule has 0 amide bonds. The summed E-state index contributed by atoms with van der Waals surface area (Å²) in [4.78, 5) is 10.6. The van der Waals surface area contributed by atoms with E-state index in [0.29, 0.717) is 6.42 Å². The van der Waals surface area contributed by atoms with Crippen molar-refractivity contribution in [2.45, 2.75) is 51.1 Å². The molecule has 0 unspecified atom stereocenters. The van der Waals surface area contributed by atoms with E-state index in [1.807, 2.05) is 6.07 Å². The normalized spacial score (nSPS) is 29.4. The van der Waals surface area contributed by atoms with Crippen LogP contribution < -0.4 is 0 Å². The van der Waals surface area contributed by atoms with Gasteiger partial charge in [0.25, 0.3) is 0 Å². The first kappa shape index (κ1) is 12.0. The number of aliphatic carboxylic acids is 1. The maximum absolute atomic E-state index is 10.6. The molecule has 2 atom stereocenters. The summed E-state index contributed by atoms with van der Waals surface area (Å²) < 4.78 is 10.9. The zero-order chi connectivity index (χ0) is 11.5. The van der Waals surface area contributed by atoms with E-state index in [1.165, 1.54) is 0 Å². The van der Waals surface area contributed by atoms with Gasteiger partial charge in [-0.15, -0.1) is 0 Å². The maximum atomic E-state index is 10.6. The second kappa shape index (κ2) is 4.60. The van der Waals surface area contributed by atoms with Gasteiger partial charge >= 0.3 is 5.97 Å². The highest BCUT2D eigenvalue weighted by Crippen LogP contribution is 2.29. The van der Waals surface area contributed by atoms with Crippen molar-refractivity contribution in [3.05, 3.63) is 0 Å². The molecule has 1 aliphatic rings. The van der Waals surface area contributed by atoms with E-state index >= 15 is 0 Å². The first-order chi connectivity index (χ1) is 6.93. The van der Waals surface area contributed by atoms with Crippen LogP contribution in [-0.2, 0) is 14.3 Å². The fourth-order valence-corrected chi connectivity index (χ4v) is 1.77. The monoisotopic (exact) mass is 213 g/mol. The molecule has 0 aromatic rings. The fourth-order valence-electron chi connectivity index (χ4n) is 1.77. The second-order valence-corrected chi connectivity index (χ2v) is 4.08. The van der Waals surface area contributed by atoms with Crippen LogP contribution in [-0.4, -0.2) is 29.1 Å². The molecule has 1 fully saturated rings. The van der Waals surface area contributed by atoms with Crippen LogP contribution in [0, 0.1) is 11.3 Å². The van der Waals surface area contributed by atoms with E-state index in [2.05, 4.69) is 0 Å². The Bertz CT molecular complexity index is 282. The van der Waals surface area contributed by atoms with Crippen LogP contribution in [0.5, 0.6) is 0 Å². The predicted molar refractivity (Wildman–Crippen MR) is 50.9 cm³/mol. The number of carboxylic acids is 1. The summed E-state index contributed by atoms with van der Waals surface area (Å²) in [7, 11) is 0. The minimum Gasteiger partial charge on any atom is -0.481 e. The number of hydrogen-bond acceptors (Lipinski definition) is 4. The standard InChI is InChI=1S/C10H15NO4/c1-10(2)14-7(3-4-11)5-8(15-10)6-9(12)13/h7-8H,3,5-6H2,1-2H3,(H,12,13)/t7-,8-/m0/s1. The Morgan fingerprint density at radius 1 is 1.53 bits per heavy atom. The molecule has 0 bridgehead atoms. The molecule has 1 heterocycles. The van der Waals surface area contributed by atoms with Crippen molar-refractivity contribution in [3.8, 4) is 6.07 Å². The molecule has 1 rings (SSSR count). The van der Waals surface area contributed by atoms with Gasteiger partial charge in [0.15, 0.2) is 5.79 Å². The van der Waals surface area contributed by atoms with E-state index in [0.717, 1.165) is 0 Å². The number of rotatable bonds is 3. The van der Waals surface area contributed by atoms with Gasteiger partial charge in [-0.05, 0) is 13.8 Å². The van der Waals surface area contributed by atoms with E-state index in [-0.39, 0.29) is 25.0 Å². The van der Waals surface area contributed by atoms with Crippen LogP contribution in [0.2, 0.25) is 0 Å². The minimum atomic E-state index is -0.895. The number of ether oxygens (including phenoxy) is 2. The van der Waals surface area contributed by atoms with Crippen LogP contribution in [0.4, 0.5) is 0 Å². The fraction of sp³-hybridized carbons (Fsp3) is 0.800. The Morgan fingerprint density at radius 2 is 2.13 bits per heavy atom. The molecule has 0 aromatic carbocycles. The molecule has 84 valence electrons. The highest BCUT2D eigenvalue weighted by atomic mass is 16.7. The zero-order valence-electron chi connectivity index (χ0n) is 8.90.